The van der Waals surface area contributed by atoms with Gasteiger partial charge in [0.05, 0.1) is 5.60 Å². The Morgan fingerprint density at radius 1 is 1.50 bits per heavy atom. The fourth-order valence-corrected chi connectivity index (χ4v) is 0.932. The summed E-state index contributed by atoms with van der Waals surface area (Å²) < 4.78 is 5.19. The zero-order chi connectivity index (χ0) is 9.61. The predicted octanol–water partition coefficient (Wildman–Crippen LogP) is 2.06. The molecule has 1 N–H and O–H groups in total. The van der Waals surface area contributed by atoms with Crippen molar-refractivity contribution < 1.29 is 14.6 Å². The summed E-state index contributed by atoms with van der Waals surface area (Å²) >= 11 is 0. The smallest absolute Gasteiger partial charge is 0.329 e. The van der Waals surface area contributed by atoms with Gasteiger partial charge in [-0.15, -0.1) is 0 Å². The number of unbranched alkanes of at least 4 members (excludes halogenated alkanes) is 1. The lowest BCUT2D eigenvalue weighted by molar-refractivity contribution is -0.148. The molecule has 0 aliphatic heterocycles. The second-order valence-electron chi connectivity index (χ2n) is 3.55. The quantitative estimate of drug-likeness (QED) is 0.670. The first kappa shape index (κ1) is 11.4. The predicted molar refractivity (Wildman–Crippen MR) is 47.2 cm³/mol. The summed E-state index contributed by atoms with van der Waals surface area (Å²) in [5.74, 6) is -0.903. The third-order valence-corrected chi connectivity index (χ3v) is 1.72. The molecule has 0 spiro atoms. The molecule has 0 aliphatic carbocycles. The van der Waals surface area contributed by atoms with Gasteiger partial charge in [-0.05, 0) is 20.3 Å². The lowest BCUT2D eigenvalue weighted by Crippen LogP contribution is -2.27. The maximum Gasteiger partial charge on any atom is 0.329 e. The van der Waals surface area contributed by atoms with Crippen molar-refractivity contribution in [3.05, 3.63) is 0 Å². The third kappa shape index (κ3) is 6.16. The lowest BCUT2D eigenvalue weighted by Gasteiger charge is -2.23. The normalized spacial score (nSPS) is 11.6. The molecule has 0 saturated carbocycles. The number of hydrogen-bond acceptors (Lipinski definition) is 2. The van der Waals surface area contributed by atoms with E-state index in [1.54, 1.807) is 0 Å². The standard InChI is InChI=1S/C9H18O3/c1-4-5-6-9(2,3)12-7-8(10)11/h4-7H2,1-3H3,(H,10,11). The zero-order valence-corrected chi connectivity index (χ0v) is 8.09. The maximum absolute atomic E-state index is 10.2. The number of aliphatic carboxylic acids is 1. The van der Waals surface area contributed by atoms with E-state index in [2.05, 4.69) is 6.92 Å². The Hall–Kier alpha value is -0.570. The maximum atomic E-state index is 10.2. The summed E-state index contributed by atoms with van der Waals surface area (Å²) in [6.45, 7) is 5.75. The Labute approximate surface area is 73.7 Å². The highest BCUT2D eigenvalue weighted by molar-refractivity contribution is 5.68. The molecule has 0 saturated heterocycles. The monoisotopic (exact) mass is 174 g/mol. The Bertz CT molecular complexity index is 141. The minimum absolute atomic E-state index is 0.198. The molecule has 0 heterocycles. The lowest BCUT2D eigenvalue weighted by atomic mass is 10.0. The van der Waals surface area contributed by atoms with E-state index in [0.29, 0.717) is 0 Å². The molecule has 3 heteroatoms. The summed E-state index contributed by atoms with van der Waals surface area (Å²) in [4.78, 5) is 10.2. The molecular formula is C9H18O3. The van der Waals surface area contributed by atoms with E-state index in [0.717, 1.165) is 19.3 Å². The Morgan fingerprint density at radius 2 is 2.08 bits per heavy atom. The van der Waals surface area contributed by atoms with E-state index in [4.69, 9.17) is 9.84 Å². The summed E-state index contributed by atoms with van der Waals surface area (Å²) in [7, 11) is 0. The minimum atomic E-state index is -0.903. The number of carbonyl (C=O) groups is 1. The van der Waals surface area contributed by atoms with Crippen LogP contribution in [-0.2, 0) is 9.53 Å². The van der Waals surface area contributed by atoms with Crippen molar-refractivity contribution in [2.75, 3.05) is 6.61 Å². The van der Waals surface area contributed by atoms with Crippen LogP contribution in [0.4, 0.5) is 0 Å². The highest BCUT2D eigenvalue weighted by atomic mass is 16.5. The Kier molecular flexibility index (Phi) is 4.90. The number of rotatable bonds is 6. The van der Waals surface area contributed by atoms with Crippen molar-refractivity contribution in [1.82, 2.24) is 0 Å². The molecule has 0 bridgehead atoms. The van der Waals surface area contributed by atoms with Gasteiger partial charge in [-0.3, -0.25) is 0 Å². The van der Waals surface area contributed by atoms with Crippen molar-refractivity contribution in [3.8, 4) is 0 Å². The van der Waals surface area contributed by atoms with Gasteiger partial charge in [0.15, 0.2) is 0 Å². The van der Waals surface area contributed by atoms with E-state index >= 15 is 0 Å². The first-order chi connectivity index (χ1) is 5.48. The average molecular weight is 174 g/mol. The van der Waals surface area contributed by atoms with Crippen molar-refractivity contribution in [2.45, 2.75) is 45.6 Å². The van der Waals surface area contributed by atoms with Crippen LogP contribution in [0.1, 0.15) is 40.0 Å². The summed E-state index contributed by atoms with van der Waals surface area (Å²) in [6.07, 6.45) is 3.10. The van der Waals surface area contributed by atoms with Gasteiger partial charge in [0.1, 0.15) is 6.61 Å². The van der Waals surface area contributed by atoms with E-state index in [1.807, 2.05) is 13.8 Å². The molecule has 72 valence electrons. The summed E-state index contributed by atoms with van der Waals surface area (Å²) in [5.41, 5.74) is -0.297. The molecule has 0 atom stereocenters. The Balaban J connectivity index is 3.63. The summed E-state index contributed by atoms with van der Waals surface area (Å²) in [6, 6.07) is 0. The van der Waals surface area contributed by atoms with Crippen LogP contribution in [0, 0.1) is 0 Å². The molecule has 0 aromatic heterocycles. The number of carboxylic acid groups (broad SMARTS) is 1. The van der Waals surface area contributed by atoms with Crippen LogP contribution in [0.5, 0.6) is 0 Å². The van der Waals surface area contributed by atoms with Crippen LogP contribution >= 0.6 is 0 Å². The molecule has 0 unspecified atom stereocenters. The van der Waals surface area contributed by atoms with Crippen molar-refractivity contribution in [2.24, 2.45) is 0 Å². The first-order valence-corrected chi connectivity index (χ1v) is 4.33. The van der Waals surface area contributed by atoms with Crippen LogP contribution in [0.15, 0.2) is 0 Å². The molecule has 0 fully saturated rings. The van der Waals surface area contributed by atoms with Crippen molar-refractivity contribution in [1.29, 1.82) is 0 Å². The van der Waals surface area contributed by atoms with Gasteiger partial charge in [0.2, 0.25) is 0 Å². The third-order valence-electron chi connectivity index (χ3n) is 1.72. The van der Waals surface area contributed by atoms with Crippen molar-refractivity contribution >= 4 is 5.97 Å². The summed E-state index contributed by atoms with van der Waals surface area (Å²) in [5, 5.41) is 8.38. The van der Waals surface area contributed by atoms with Gasteiger partial charge in [-0.1, -0.05) is 19.8 Å². The molecule has 0 aromatic carbocycles. The molecular weight excluding hydrogens is 156 g/mol. The molecule has 0 radical (unpaired) electrons. The number of carboxylic acids is 1. The van der Waals surface area contributed by atoms with Crippen LogP contribution < -0.4 is 0 Å². The van der Waals surface area contributed by atoms with Crippen LogP contribution in [0.3, 0.4) is 0 Å². The highest BCUT2D eigenvalue weighted by Gasteiger charge is 2.18. The van der Waals surface area contributed by atoms with E-state index in [-0.39, 0.29) is 12.2 Å². The van der Waals surface area contributed by atoms with Gasteiger partial charge in [-0.2, -0.15) is 0 Å². The highest BCUT2D eigenvalue weighted by Crippen LogP contribution is 2.17. The molecule has 0 aliphatic rings. The van der Waals surface area contributed by atoms with Gasteiger partial charge in [0.25, 0.3) is 0 Å². The Morgan fingerprint density at radius 3 is 2.50 bits per heavy atom. The van der Waals surface area contributed by atoms with Gasteiger partial charge < -0.3 is 9.84 Å². The SMILES string of the molecule is CCCCC(C)(C)OCC(=O)O. The first-order valence-electron chi connectivity index (χ1n) is 4.33. The molecule has 0 rings (SSSR count). The van der Waals surface area contributed by atoms with E-state index in [9.17, 15) is 4.79 Å². The van der Waals surface area contributed by atoms with Crippen LogP contribution in [0.25, 0.3) is 0 Å². The van der Waals surface area contributed by atoms with Crippen molar-refractivity contribution in [3.63, 3.8) is 0 Å². The second-order valence-corrected chi connectivity index (χ2v) is 3.55. The fourth-order valence-electron chi connectivity index (χ4n) is 0.932. The molecule has 0 amide bonds. The van der Waals surface area contributed by atoms with Gasteiger partial charge in [0, 0.05) is 0 Å². The minimum Gasteiger partial charge on any atom is -0.480 e. The van der Waals surface area contributed by atoms with Gasteiger partial charge in [-0.25, -0.2) is 4.79 Å². The molecule has 0 aromatic rings. The number of ether oxygens (including phenoxy) is 1. The van der Waals surface area contributed by atoms with Crippen LogP contribution in [0.2, 0.25) is 0 Å². The zero-order valence-electron chi connectivity index (χ0n) is 8.09. The van der Waals surface area contributed by atoms with Crippen LogP contribution in [-0.4, -0.2) is 23.3 Å². The van der Waals surface area contributed by atoms with E-state index < -0.39 is 5.97 Å². The van der Waals surface area contributed by atoms with Gasteiger partial charge >= 0.3 is 5.97 Å². The molecule has 3 nitrogen and oxygen atoms in total. The fraction of sp³-hybridized carbons (Fsp3) is 0.889. The number of hydrogen-bond donors (Lipinski definition) is 1. The topological polar surface area (TPSA) is 46.5 Å². The average Bonchev–Trinajstić information content (AvgIpc) is 1.98. The van der Waals surface area contributed by atoms with E-state index in [1.165, 1.54) is 0 Å². The molecule has 12 heavy (non-hydrogen) atoms. The largest absolute Gasteiger partial charge is 0.480 e. The second kappa shape index (κ2) is 5.14.